The van der Waals surface area contributed by atoms with Crippen molar-refractivity contribution in [2.24, 2.45) is 0 Å². The minimum absolute atomic E-state index is 0. The number of carbonyl (C=O) groups is 2. The molecule has 0 bridgehead atoms. The number of carboxylic acids is 1. The molecule has 0 saturated heterocycles. The number of nitro benzene ring substituents is 1. The Morgan fingerprint density at radius 3 is 2.47 bits per heavy atom. The van der Waals surface area contributed by atoms with Gasteiger partial charge in [-0.2, -0.15) is 0 Å². The van der Waals surface area contributed by atoms with E-state index >= 15 is 0 Å². The maximum atomic E-state index is 10.6. The average molecular weight is 267 g/mol. The molecule has 0 aliphatic heterocycles. The first kappa shape index (κ1) is 15.9. The van der Waals surface area contributed by atoms with Crippen LogP contribution in [0.2, 0.25) is 5.02 Å². The number of carboxylic acid groups (broad SMARTS) is 1. The quantitative estimate of drug-likeness (QED) is 0.273. The molecule has 0 atom stereocenters. The first-order chi connectivity index (χ1) is 7.47. The molecule has 0 aromatic heterocycles. The van der Waals surface area contributed by atoms with Crippen LogP contribution in [0.25, 0.3) is 0 Å². The molecule has 1 aromatic carbocycles. The van der Waals surface area contributed by atoms with Gasteiger partial charge in [-0.15, -0.1) is 0 Å². The zero-order valence-corrected chi connectivity index (χ0v) is 11.4. The monoisotopic (exact) mass is 266 g/mol. The number of carbonyl (C=O) groups excluding carboxylic acids is 2. The maximum absolute atomic E-state index is 10.6. The minimum atomic E-state index is -1.65. The van der Waals surface area contributed by atoms with Gasteiger partial charge in [0.05, 0.1) is 16.6 Å². The van der Waals surface area contributed by atoms with E-state index in [0.717, 1.165) is 12.1 Å². The van der Waals surface area contributed by atoms with Gasteiger partial charge < -0.3 is 15.2 Å². The van der Waals surface area contributed by atoms with Gasteiger partial charge in [0, 0.05) is 11.6 Å². The summed E-state index contributed by atoms with van der Waals surface area (Å²) in [5, 5.41) is 22.9. The molecule has 0 heterocycles. The van der Waals surface area contributed by atoms with Crippen molar-refractivity contribution in [3.05, 3.63) is 32.8 Å². The fraction of sp³-hybridized carbons (Fsp3) is 0. The molecule has 0 aliphatic carbocycles. The first-order valence-electron chi connectivity index (χ1n) is 3.87. The topological polar surface area (TPSA) is 112 Å². The molecule has 1 rings (SSSR count). The van der Waals surface area contributed by atoms with E-state index in [4.69, 9.17) is 11.6 Å². The molecule has 9 heteroatoms. The Hall–Kier alpha value is -1.15. The molecule has 0 unspecified atom stereocenters. The largest absolute Gasteiger partial charge is 1.00 e. The van der Waals surface area contributed by atoms with Gasteiger partial charge in [-0.05, 0) is 6.07 Å². The van der Waals surface area contributed by atoms with Gasteiger partial charge in [0.1, 0.15) is 5.02 Å². The van der Waals surface area contributed by atoms with Crippen molar-refractivity contribution in [3.8, 4) is 0 Å². The van der Waals surface area contributed by atoms with Crippen molar-refractivity contribution >= 4 is 35.4 Å². The van der Waals surface area contributed by atoms with Gasteiger partial charge in [-0.25, -0.2) is 0 Å². The number of benzene rings is 1. The maximum Gasteiger partial charge on any atom is 1.00 e. The molecule has 0 saturated carbocycles. The molecular formula is C8H4ClN2NaO5. The summed E-state index contributed by atoms with van der Waals surface area (Å²) in [6.07, 6.45) is 0.226. The second kappa shape index (κ2) is 6.55. The van der Waals surface area contributed by atoms with Crippen molar-refractivity contribution in [2.75, 3.05) is 5.32 Å². The predicted octanol–water partition coefficient (Wildman–Crippen LogP) is -2.82. The molecule has 1 amide bonds. The Balaban J connectivity index is 0.00000256. The molecule has 1 aromatic rings. The predicted molar refractivity (Wildman–Crippen MR) is 52.1 cm³/mol. The van der Waals surface area contributed by atoms with Crippen molar-refractivity contribution < 1.29 is 49.2 Å². The molecule has 0 aliphatic rings. The third-order valence-electron chi connectivity index (χ3n) is 1.72. The molecule has 1 N–H and O–H groups in total. The normalized spacial score (nSPS) is 9.00. The number of nitro groups is 1. The van der Waals surface area contributed by atoms with E-state index < -0.39 is 22.1 Å². The number of nitrogens with one attached hydrogen (secondary N) is 1. The molecule has 17 heavy (non-hydrogen) atoms. The van der Waals surface area contributed by atoms with Crippen molar-refractivity contribution in [1.82, 2.24) is 0 Å². The summed E-state index contributed by atoms with van der Waals surface area (Å²) in [5.41, 5.74) is -1.24. The smallest absolute Gasteiger partial charge is 0.545 e. The Labute approximate surface area is 122 Å². The van der Waals surface area contributed by atoms with Crippen LogP contribution in [0.15, 0.2) is 12.1 Å². The van der Waals surface area contributed by atoms with E-state index in [1.807, 2.05) is 0 Å². The van der Waals surface area contributed by atoms with E-state index in [1.54, 1.807) is 0 Å². The van der Waals surface area contributed by atoms with Crippen molar-refractivity contribution in [2.45, 2.75) is 0 Å². The van der Waals surface area contributed by atoms with Crippen LogP contribution in [0.4, 0.5) is 11.4 Å². The van der Waals surface area contributed by atoms with Crippen molar-refractivity contribution in [1.29, 1.82) is 0 Å². The zero-order chi connectivity index (χ0) is 12.3. The summed E-state index contributed by atoms with van der Waals surface area (Å²) in [5.74, 6) is -1.65. The van der Waals surface area contributed by atoms with Gasteiger partial charge >= 0.3 is 29.6 Å². The second-order valence-electron chi connectivity index (χ2n) is 2.66. The Bertz CT molecular complexity index is 479. The summed E-state index contributed by atoms with van der Waals surface area (Å²) < 4.78 is 0. The zero-order valence-electron chi connectivity index (χ0n) is 8.60. The number of aromatic carboxylic acids is 1. The number of rotatable bonds is 4. The van der Waals surface area contributed by atoms with Gasteiger partial charge in [0.2, 0.25) is 6.41 Å². The van der Waals surface area contributed by atoms with Crippen LogP contribution in [-0.2, 0) is 4.79 Å². The summed E-state index contributed by atoms with van der Waals surface area (Å²) in [7, 11) is 0. The number of anilines is 1. The van der Waals surface area contributed by atoms with Crippen LogP contribution < -0.4 is 40.0 Å². The summed E-state index contributed by atoms with van der Waals surface area (Å²) in [4.78, 5) is 30.5. The van der Waals surface area contributed by atoms with Crippen LogP contribution in [0.5, 0.6) is 0 Å². The molecule has 7 nitrogen and oxygen atoms in total. The second-order valence-corrected chi connectivity index (χ2v) is 3.06. The van der Waals surface area contributed by atoms with E-state index in [-0.39, 0.29) is 46.7 Å². The van der Waals surface area contributed by atoms with E-state index in [1.165, 1.54) is 0 Å². The van der Waals surface area contributed by atoms with Crippen LogP contribution >= 0.6 is 11.6 Å². The molecule has 0 spiro atoms. The number of nitrogens with zero attached hydrogens (tertiary/aromatic N) is 1. The molecule has 0 fully saturated rings. The van der Waals surface area contributed by atoms with Gasteiger partial charge in [0.15, 0.2) is 0 Å². The molecule has 0 radical (unpaired) electrons. The third-order valence-corrected chi connectivity index (χ3v) is 2.02. The van der Waals surface area contributed by atoms with Gasteiger partial charge in [-0.1, -0.05) is 11.6 Å². The number of hydrogen-bond acceptors (Lipinski definition) is 5. The van der Waals surface area contributed by atoms with Crippen molar-refractivity contribution in [3.63, 3.8) is 0 Å². The number of amides is 1. The number of halogens is 1. The SMILES string of the molecule is O=CNc1cc(Cl)c([N+](=O)[O-])cc1C(=O)[O-].[Na+]. The van der Waals surface area contributed by atoms with Crippen LogP contribution in [0.3, 0.4) is 0 Å². The van der Waals surface area contributed by atoms with Crippen LogP contribution in [0.1, 0.15) is 10.4 Å². The minimum Gasteiger partial charge on any atom is -0.545 e. The van der Waals surface area contributed by atoms with E-state index in [2.05, 4.69) is 5.32 Å². The van der Waals surface area contributed by atoms with E-state index in [9.17, 15) is 24.8 Å². The van der Waals surface area contributed by atoms with Crippen LogP contribution in [0, 0.1) is 10.1 Å². The van der Waals surface area contributed by atoms with Gasteiger partial charge in [-0.3, -0.25) is 14.9 Å². The summed E-state index contributed by atoms with van der Waals surface area (Å²) >= 11 is 5.53. The Kier molecular flexibility index (Phi) is 6.11. The molecule has 84 valence electrons. The fourth-order valence-corrected chi connectivity index (χ4v) is 1.29. The van der Waals surface area contributed by atoms with Crippen LogP contribution in [-0.4, -0.2) is 17.3 Å². The first-order valence-corrected chi connectivity index (χ1v) is 4.24. The fourth-order valence-electron chi connectivity index (χ4n) is 1.05. The Morgan fingerprint density at radius 2 is 2.06 bits per heavy atom. The summed E-state index contributed by atoms with van der Waals surface area (Å²) in [6.45, 7) is 0. The standard InChI is InChI=1S/C8H5ClN2O5.Na/c9-5-2-6(10-3-12)4(8(13)14)1-7(5)11(15)16;/h1-3H,(H,10,12)(H,13,14);/q;+1/p-1. The van der Waals surface area contributed by atoms with Gasteiger partial charge in [0.25, 0.3) is 5.69 Å². The number of hydrogen-bond donors (Lipinski definition) is 1. The molecular weight excluding hydrogens is 263 g/mol. The summed E-state index contributed by atoms with van der Waals surface area (Å²) in [6, 6.07) is 1.70. The average Bonchev–Trinajstić information content (AvgIpc) is 2.17. The van der Waals surface area contributed by atoms with E-state index in [0.29, 0.717) is 0 Å². The third kappa shape index (κ3) is 3.67. The Morgan fingerprint density at radius 1 is 1.47 bits per heavy atom.